The largest absolute Gasteiger partial charge is 0.392 e. The zero-order valence-corrected chi connectivity index (χ0v) is 26.4. The smallest absolute Gasteiger partial charge is 0.226 e. The molecule has 4 heterocycles. The van der Waals surface area contributed by atoms with Crippen molar-refractivity contribution in [1.82, 2.24) is 34.2 Å². The molecule has 47 heavy (non-hydrogen) atoms. The Kier molecular flexibility index (Phi) is 9.43. The second-order valence-electron chi connectivity index (χ2n) is 12.6. The molecule has 0 spiro atoms. The van der Waals surface area contributed by atoms with Crippen LogP contribution < -0.4 is 10.6 Å². The van der Waals surface area contributed by atoms with E-state index in [1.165, 1.54) is 30.4 Å². The summed E-state index contributed by atoms with van der Waals surface area (Å²) in [5.41, 5.74) is 4.21. The first-order valence-corrected chi connectivity index (χ1v) is 16.6. The minimum atomic E-state index is -1.07. The number of anilines is 2. The summed E-state index contributed by atoms with van der Waals surface area (Å²) in [5, 5.41) is 43.3. The lowest BCUT2D eigenvalue weighted by Crippen LogP contribution is -2.34. The van der Waals surface area contributed by atoms with Gasteiger partial charge in [-0.15, -0.1) is 0 Å². The lowest BCUT2D eigenvalue weighted by atomic mass is 9.91. The molecule has 1 aliphatic carbocycles. The van der Waals surface area contributed by atoms with Crippen molar-refractivity contribution in [3.63, 3.8) is 0 Å². The summed E-state index contributed by atoms with van der Waals surface area (Å²) in [6.45, 7) is 4.27. The molecule has 0 amide bonds. The first-order chi connectivity index (χ1) is 23.1. The Morgan fingerprint density at radius 2 is 1.55 bits per heavy atom. The Bertz CT molecular complexity index is 1700. The molecule has 5 aromatic rings. The van der Waals surface area contributed by atoms with Crippen molar-refractivity contribution < 1.29 is 15.3 Å². The highest BCUT2D eigenvalue weighted by molar-refractivity contribution is 5.84. The number of fused-ring (bicyclic) bond motifs is 1. The third kappa shape index (κ3) is 6.72. The molecular formula is C35H43N9O3. The average molecular weight is 638 g/mol. The van der Waals surface area contributed by atoms with Gasteiger partial charge in [0.25, 0.3) is 0 Å². The van der Waals surface area contributed by atoms with Gasteiger partial charge >= 0.3 is 0 Å². The van der Waals surface area contributed by atoms with E-state index in [-0.39, 0.29) is 12.5 Å². The predicted molar refractivity (Wildman–Crippen MR) is 180 cm³/mol. The van der Waals surface area contributed by atoms with Gasteiger partial charge in [-0.05, 0) is 43.5 Å². The molecule has 1 aliphatic heterocycles. The van der Waals surface area contributed by atoms with E-state index in [9.17, 15) is 15.3 Å². The van der Waals surface area contributed by atoms with E-state index in [4.69, 9.17) is 15.0 Å². The van der Waals surface area contributed by atoms with E-state index in [1.54, 1.807) is 23.4 Å². The maximum atomic E-state index is 11.3. The maximum Gasteiger partial charge on any atom is 0.226 e. The molecule has 3 aromatic heterocycles. The van der Waals surface area contributed by atoms with Crippen LogP contribution in [0.3, 0.4) is 0 Å². The van der Waals surface area contributed by atoms with Gasteiger partial charge in [0.15, 0.2) is 17.0 Å². The number of imidazole rings is 1. The minimum Gasteiger partial charge on any atom is -0.392 e. The first kappa shape index (κ1) is 31.3. The van der Waals surface area contributed by atoms with Crippen LogP contribution in [0.4, 0.5) is 11.8 Å². The summed E-state index contributed by atoms with van der Waals surface area (Å²) in [6, 6.07) is 19.9. The van der Waals surface area contributed by atoms with Crippen LogP contribution in [0, 0.1) is 0 Å². The number of nitrogens with one attached hydrogen (secondary N) is 2. The zero-order valence-electron chi connectivity index (χ0n) is 26.4. The predicted octanol–water partition coefficient (Wildman–Crippen LogP) is 3.56. The van der Waals surface area contributed by atoms with E-state index in [2.05, 4.69) is 69.2 Å². The van der Waals surface area contributed by atoms with Gasteiger partial charge in [0.2, 0.25) is 5.95 Å². The maximum absolute atomic E-state index is 11.3. The van der Waals surface area contributed by atoms with Crippen LogP contribution in [0.25, 0.3) is 11.2 Å². The van der Waals surface area contributed by atoms with Crippen molar-refractivity contribution in [2.24, 2.45) is 0 Å². The summed E-state index contributed by atoms with van der Waals surface area (Å²) >= 11 is 0. The molecule has 2 fully saturated rings. The highest BCUT2D eigenvalue weighted by Gasteiger charge is 2.44. The fourth-order valence-corrected chi connectivity index (χ4v) is 7.03. The van der Waals surface area contributed by atoms with Gasteiger partial charge in [0.05, 0.1) is 31.2 Å². The van der Waals surface area contributed by atoms with Crippen molar-refractivity contribution in [3.05, 3.63) is 96.1 Å². The fraction of sp³-hybridized carbons (Fsp3) is 0.429. The molecule has 2 aliphatic rings. The number of benzene rings is 2. The standard InChI is InChI=1S/C35H43N9O3/c45-22-24-19-39-44(21-24)29-18-28(31(46)32(29)47)43-23-38-30-33(40-35(41-34(30)43)36-14-17-42-15-8-3-9-16-42)37-20-27(25-10-4-1-5-11-25)26-12-6-2-7-13-26/h1-2,4-7,10-13,19,21,23,27-29,31-32,45-47H,3,8-9,14-18,20,22H2,(H2,36,37,40,41)/t28-,29+,31+,32-/m1/s1. The number of aliphatic hydroxyl groups is 3. The highest BCUT2D eigenvalue weighted by atomic mass is 16.3. The van der Waals surface area contributed by atoms with E-state index in [0.29, 0.717) is 48.0 Å². The molecule has 7 rings (SSSR count). The van der Waals surface area contributed by atoms with Gasteiger partial charge in [-0.3, -0.25) is 4.68 Å². The second kappa shape index (κ2) is 14.2. The van der Waals surface area contributed by atoms with Gasteiger partial charge in [0, 0.05) is 37.3 Å². The molecule has 5 N–H and O–H groups in total. The van der Waals surface area contributed by atoms with Gasteiger partial charge in [-0.2, -0.15) is 15.1 Å². The second-order valence-corrected chi connectivity index (χ2v) is 12.6. The van der Waals surface area contributed by atoms with Crippen LogP contribution >= 0.6 is 0 Å². The molecule has 246 valence electrons. The van der Waals surface area contributed by atoms with Gasteiger partial charge in [-0.1, -0.05) is 67.1 Å². The van der Waals surface area contributed by atoms with Crippen LogP contribution in [0.5, 0.6) is 0 Å². The molecule has 1 saturated carbocycles. The molecule has 0 radical (unpaired) electrons. The Balaban J connectivity index is 1.19. The Hall–Kier alpha value is -4.36. The quantitative estimate of drug-likeness (QED) is 0.137. The van der Waals surface area contributed by atoms with Gasteiger partial charge in [-0.25, -0.2) is 4.98 Å². The highest BCUT2D eigenvalue weighted by Crippen LogP contribution is 2.40. The number of rotatable bonds is 12. The topological polar surface area (TPSA) is 149 Å². The summed E-state index contributed by atoms with van der Waals surface area (Å²) in [5.74, 6) is 1.17. The van der Waals surface area contributed by atoms with Crippen LogP contribution in [0.2, 0.25) is 0 Å². The van der Waals surface area contributed by atoms with Crippen molar-refractivity contribution in [3.8, 4) is 0 Å². The number of nitrogens with zero attached hydrogens (tertiary/aromatic N) is 7. The van der Waals surface area contributed by atoms with E-state index in [1.807, 2.05) is 16.7 Å². The SMILES string of the molecule is OCc1cnn([C@H]2C[C@@H](n3cnc4c(NCC(c5ccccc5)c5ccccc5)nc(NCCN5CCCCC5)nc43)[C@H](O)[C@@H]2O)c1. The molecule has 4 atom stereocenters. The number of aliphatic hydroxyl groups excluding tert-OH is 3. The molecule has 1 saturated heterocycles. The van der Waals surface area contributed by atoms with E-state index < -0.39 is 24.3 Å². The van der Waals surface area contributed by atoms with Crippen LogP contribution in [-0.4, -0.2) is 94.5 Å². The number of likely N-dealkylation sites (tertiary alicyclic amines) is 1. The van der Waals surface area contributed by atoms with Gasteiger partial charge < -0.3 is 35.4 Å². The minimum absolute atomic E-state index is 0.0745. The summed E-state index contributed by atoms with van der Waals surface area (Å²) < 4.78 is 3.48. The normalized spacial score (nSPS) is 21.9. The Morgan fingerprint density at radius 1 is 0.851 bits per heavy atom. The third-order valence-corrected chi connectivity index (χ3v) is 9.61. The average Bonchev–Trinajstić information content (AvgIpc) is 3.84. The van der Waals surface area contributed by atoms with Gasteiger partial charge in [0.1, 0.15) is 12.2 Å². The van der Waals surface area contributed by atoms with Crippen LogP contribution in [0.1, 0.15) is 60.4 Å². The number of piperidine rings is 1. The van der Waals surface area contributed by atoms with Crippen molar-refractivity contribution in [1.29, 1.82) is 0 Å². The molecule has 2 aromatic carbocycles. The van der Waals surface area contributed by atoms with E-state index >= 15 is 0 Å². The first-order valence-electron chi connectivity index (χ1n) is 16.6. The summed E-state index contributed by atoms with van der Waals surface area (Å²) in [4.78, 5) is 17.0. The lowest BCUT2D eigenvalue weighted by molar-refractivity contribution is 0.00720. The number of hydrogen-bond acceptors (Lipinski definition) is 10. The van der Waals surface area contributed by atoms with Crippen LogP contribution in [0.15, 0.2) is 79.4 Å². The Labute approximate surface area is 274 Å². The Morgan fingerprint density at radius 3 is 2.23 bits per heavy atom. The summed E-state index contributed by atoms with van der Waals surface area (Å²) in [6.07, 6.45) is 7.01. The van der Waals surface area contributed by atoms with Crippen LogP contribution in [-0.2, 0) is 6.61 Å². The molecular weight excluding hydrogens is 594 g/mol. The number of aromatic nitrogens is 6. The number of hydrogen-bond donors (Lipinski definition) is 5. The molecule has 0 bridgehead atoms. The van der Waals surface area contributed by atoms with E-state index in [0.717, 1.165) is 19.6 Å². The zero-order chi connectivity index (χ0) is 32.2. The van der Waals surface area contributed by atoms with Crippen molar-refractivity contribution in [2.75, 3.05) is 43.4 Å². The fourth-order valence-electron chi connectivity index (χ4n) is 7.03. The molecule has 0 unspecified atom stereocenters. The molecule has 12 heteroatoms. The van der Waals surface area contributed by atoms with Crippen molar-refractivity contribution in [2.45, 2.75) is 62.5 Å². The van der Waals surface area contributed by atoms with Crippen molar-refractivity contribution >= 4 is 22.9 Å². The lowest BCUT2D eigenvalue weighted by Gasteiger charge is -2.26. The molecule has 12 nitrogen and oxygen atoms in total. The summed E-state index contributed by atoms with van der Waals surface area (Å²) in [7, 11) is 0. The monoisotopic (exact) mass is 637 g/mol. The third-order valence-electron chi connectivity index (χ3n) is 9.61.